The van der Waals surface area contributed by atoms with Gasteiger partial charge >= 0.3 is 0 Å². The number of halogens is 1. The fourth-order valence-corrected chi connectivity index (χ4v) is 3.77. The molecule has 0 bridgehead atoms. The Morgan fingerprint density at radius 1 is 1.19 bits per heavy atom. The molecule has 0 radical (unpaired) electrons. The SMILES string of the molecule is CC(C)Oc1ccc(CNc2c(C(=O)N3CCOCC3)cnc3ccc(Cl)cc23)cc1. The van der Waals surface area contributed by atoms with Crippen LogP contribution in [0.1, 0.15) is 29.8 Å². The quantitative estimate of drug-likeness (QED) is 0.600. The molecule has 31 heavy (non-hydrogen) atoms. The van der Waals surface area contributed by atoms with Crippen molar-refractivity contribution in [2.75, 3.05) is 31.6 Å². The predicted octanol–water partition coefficient (Wildman–Crippen LogP) is 4.76. The van der Waals surface area contributed by atoms with Crippen LogP contribution in [0.4, 0.5) is 5.69 Å². The molecule has 0 spiro atoms. The van der Waals surface area contributed by atoms with Crippen LogP contribution in [-0.4, -0.2) is 48.2 Å². The Morgan fingerprint density at radius 2 is 1.94 bits per heavy atom. The van der Waals surface area contributed by atoms with Crippen LogP contribution in [0.2, 0.25) is 5.02 Å². The lowest BCUT2D eigenvalue weighted by molar-refractivity contribution is 0.0303. The van der Waals surface area contributed by atoms with Crippen LogP contribution < -0.4 is 10.1 Å². The monoisotopic (exact) mass is 439 g/mol. The highest BCUT2D eigenvalue weighted by Gasteiger charge is 2.23. The number of fused-ring (bicyclic) bond motifs is 1. The highest BCUT2D eigenvalue weighted by Crippen LogP contribution is 2.30. The van der Waals surface area contributed by atoms with E-state index in [4.69, 9.17) is 21.1 Å². The minimum absolute atomic E-state index is 0.0548. The van der Waals surface area contributed by atoms with Crippen molar-refractivity contribution >= 4 is 34.1 Å². The van der Waals surface area contributed by atoms with E-state index in [1.807, 2.05) is 50.2 Å². The second-order valence-corrected chi connectivity index (χ2v) is 8.21. The topological polar surface area (TPSA) is 63.7 Å². The largest absolute Gasteiger partial charge is 0.491 e. The van der Waals surface area contributed by atoms with Gasteiger partial charge in [-0.25, -0.2) is 0 Å². The summed E-state index contributed by atoms with van der Waals surface area (Å²) in [5.74, 6) is 0.781. The summed E-state index contributed by atoms with van der Waals surface area (Å²) in [7, 11) is 0. The first-order valence-corrected chi connectivity index (χ1v) is 10.8. The number of morpholine rings is 1. The number of aromatic nitrogens is 1. The predicted molar refractivity (Wildman–Crippen MR) is 123 cm³/mol. The van der Waals surface area contributed by atoms with Gasteiger partial charge < -0.3 is 19.7 Å². The molecular weight excluding hydrogens is 414 g/mol. The Labute approximate surface area is 187 Å². The van der Waals surface area contributed by atoms with Crippen LogP contribution in [0.15, 0.2) is 48.7 Å². The number of nitrogens with one attached hydrogen (secondary N) is 1. The molecule has 2 heterocycles. The molecule has 0 atom stereocenters. The first-order chi connectivity index (χ1) is 15.0. The molecular formula is C24H26ClN3O3. The zero-order chi connectivity index (χ0) is 21.8. The van der Waals surface area contributed by atoms with Gasteiger partial charge in [-0.05, 0) is 49.7 Å². The molecule has 162 valence electrons. The van der Waals surface area contributed by atoms with Crippen LogP contribution >= 0.6 is 11.6 Å². The van der Waals surface area contributed by atoms with E-state index in [9.17, 15) is 4.79 Å². The molecule has 1 amide bonds. The lowest BCUT2D eigenvalue weighted by Crippen LogP contribution is -2.41. The van der Waals surface area contributed by atoms with Gasteiger partial charge in [0.05, 0.1) is 36.1 Å². The normalized spacial score (nSPS) is 14.1. The fraction of sp³-hybridized carbons (Fsp3) is 0.333. The van der Waals surface area contributed by atoms with Gasteiger partial charge in [-0.15, -0.1) is 0 Å². The Balaban J connectivity index is 1.63. The number of carbonyl (C=O) groups excluding carboxylic acids is 1. The maximum Gasteiger partial charge on any atom is 0.257 e. The van der Waals surface area contributed by atoms with E-state index in [0.717, 1.165) is 27.9 Å². The molecule has 1 aliphatic heterocycles. The van der Waals surface area contributed by atoms with E-state index in [2.05, 4.69) is 10.3 Å². The number of carbonyl (C=O) groups is 1. The molecule has 1 aliphatic rings. The van der Waals surface area contributed by atoms with E-state index in [1.165, 1.54) is 0 Å². The van der Waals surface area contributed by atoms with Crippen molar-refractivity contribution in [1.82, 2.24) is 9.88 Å². The number of nitrogens with zero attached hydrogens (tertiary/aromatic N) is 2. The summed E-state index contributed by atoms with van der Waals surface area (Å²) in [6, 6.07) is 13.5. The van der Waals surface area contributed by atoms with Crippen molar-refractivity contribution in [2.45, 2.75) is 26.5 Å². The third kappa shape index (κ3) is 5.09. The molecule has 6 nitrogen and oxygen atoms in total. The second-order valence-electron chi connectivity index (χ2n) is 7.78. The van der Waals surface area contributed by atoms with Gasteiger partial charge in [-0.2, -0.15) is 0 Å². The molecule has 3 aromatic rings. The van der Waals surface area contributed by atoms with Gasteiger partial charge in [-0.1, -0.05) is 23.7 Å². The summed E-state index contributed by atoms with van der Waals surface area (Å²) < 4.78 is 11.1. The molecule has 1 saturated heterocycles. The van der Waals surface area contributed by atoms with Crippen molar-refractivity contribution in [1.29, 1.82) is 0 Å². The van der Waals surface area contributed by atoms with Gasteiger partial charge in [0.25, 0.3) is 5.91 Å². The van der Waals surface area contributed by atoms with Crippen LogP contribution in [-0.2, 0) is 11.3 Å². The molecule has 1 fully saturated rings. The number of pyridine rings is 1. The highest BCUT2D eigenvalue weighted by atomic mass is 35.5. The van der Waals surface area contributed by atoms with Gasteiger partial charge in [-0.3, -0.25) is 9.78 Å². The molecule has 1 N–H and O–H groups in total. The average Bonchev–Trinajstić information content (AvgIpc) is 2.78. The first kappa shape index (κ1) is 21.4. The summed E-state index contributed by atoms with van der Waals surface area (Å²) in [5.41, 5.74) is 3.14. The second kappa shape index (κ2) is 9.54. The maximum absolute atomic E-state index is 13.2. The zero-order valence-corrected chi connectivity index (χ0v) is 18.5. The van der Waals surface area contributed by atoms with E-state index < -0.39 is 0 Å². The van der Waals surface area contributed by atoms with Crippen molar-refractivity contribution in [3.63, 3.8) is 0 Å². The number of hydrogen-bond acceptors (Lipinski definition) is 5. The summed E-state index contributed by atoms with van der Waals surface area (Å²) in [4.78, 5) is 19.6. The van der Waals surface area contributed by atoms with Crippen molar-refractivity contribution in [2.24, 2.45) is 0 Å². The summed E-state index contributed by atoms with van der Waals surface area (Å²) in [5, 5.41) is 4.89. The van der Waals surface area contributed by atoms with E-state index >= 15 is 0 Å². The Morgan fingerprint density at radius 3 is 2.65 bits per heavy atom. The van der Waals surface area contributed by atoms with Crippen LogP contribution in [0.3, 0.4) is 0 Å². The van der Waals surface area contributed by atoms with Crippen LogP contribution in [0, 0.1) is 0 Å². The van der Waals surface area contributed by atoms with Gasteiger partial charge in [0.15, 0.2) is 0 Å². The van der Waals surface area contributed by atoms with Gasteiger partial charge in [0, 0.05) is 36.2 Å². The van der Waals surface area contributed by atoms with Crippen molar-refractivity contribution in [3.8, 4) is 5.75 Å². The number of hydrogen-bond donors (Lipinski definition) is 1. The number of ether oxygens (including phenoxy) is 2. The van der Waals surface area contributed by atoms with E-state index in [-0.39, 0.29) is 12.0 Å². The van der Waals surface area contributed by atoms with E-state index in [0.29, 0.717) is 43.4 Å². The van der Waals surface area contributed by atoms with Gasteiger partial charge in [0.2, 0.25) is 0 Å². The molecule has 4 rings (SSSR count). The summed E-state index contributed by atoms with van der Waals surface area (Å²) >= 11 is 6.27. The van der Waals surface area contributed by atoms with Crippen molar-refractivity contribution in [3.05, 3.63) is 64.8 Å². The first-order valence-electron chi connectivity index (χ1n) is 10.5. The van der Waals surface area contributed by atoms with Crippen LogP contribution in [0.25, 0.3) is 10.9 Å². The summed E-state index contributed by atoms with van der Waals surface area (Å²) in [6.45, 7) is 6.80. The van der Waals surface area contributed by atoms with E-state index in [1.54, 1.807) is 17.2 Å². The fourth-order valence-electron chi connectivity index (χ4n) is 3.60. The maximum atomic E-state index is 13.2. The number of amides is 1. The minimum Gasteiger partial charge on any atom is -0.491 e. The zero-order valence-electron chi connectivity index (χ0n) is 17.7. The Kier molecular flexibility index (Phi) is 6.59. The van der Waals surface area contributed by atoms with Gasteiger partial charge in [0.1, 0.15) is 5.75 Å². The standard InChI is InChI=1S/C24H26ClN3O3/c1-16(2)31-19-6-3-17(4-7-19)14-27-23-20-13-18(25)5-8-22(20)26-15-21(23)24(29)28-9-11-30-12-10-28/h3-8,13,15-16H,9-12,14H2,1-2H3,(H,26,27). The minimum atomic E-state index is -0.0548. The smallest absolute Gasteiger partial charge is 0.257 e. The summed E-state index contributed by atoms with van der Waals surface area (Å²) in [6.07, 6.45) is 1.78. The lowest BCUT2D eigenvalue weighted by Gasteiger charge is -2.28. The molecule has 1 aromatic heterocycles. The lowest BCUT2D eigenvalue weighted by atomic mass is 10.1. The molecule has 0 saturated carbocycles. The third-order valence-electron chi connectivity index (χ3n) is 5.12. The molecule has 2 aromatic carbocycles. The highest BCUT2D eigenvalue weighted by molar-refractivity contribution is 6.31. The molecule has 0 unspecified atom stereocenters. The molecule has 0 aliphatic carbocycles. The third-order valence-corrected chi connectivity index (χ3v) is 5.36. The average molecular weight is 440 g/mol. The number of rotatable bonds is 6. The van der Waals surface area contributed by atoms with Crippen LogP contribution in [0.5, 0.6) is 5.75 Å². The number of anilines is 1. The Bertz CT molecular complexity index is 1060. The number of benzene rings is 2. The molecule has 7 heteroatoms. The van der Waals surface area contributed by atoms with Crippen molar-refractivity contribution < 1.29 is 14.3 Å². The Hall–Kier alpha value is -2.83.